The minimum absolute atomic E-state index is 0.218. The Labute approximate surface area is 130 Å². The highest BCUT2D eigenvalue weighted by molar-refractivity contribution is 9.10. The van der Waals surface area contributed by atoms with Crippen molar-refractivity contribution < 1.29 is 9.47 Å². The van der Waals surface area contributed by atoms with E-state index in [1.54, 1.807) is 14.2 Å². The van der Waals surface area contributed by atoms with Crippen molar-refractivity contribution in [3.05, 3.63) is 34.3 Å². The average Bonchev–Trinajstić information content (AvgIpc) is 2.47. The molecule has 4 nitrogen and oxygen atoms in total. The van der Waals surface area contributed by atoms with Gasteiger partial charge in [0.1, 0.15) is 0 Å². The van der Waals surface area contributed by atoms with Crippen LogP contribution in [0.1, 0.15) is 18.0 Å². The van der Waals surface area contributed by atoms with Crippen molar-refractivity contribution in [1.29, 1.82) is 0 Å². The number of rotatable bonds is 10. The van der Waals surface area contributed by atoms with Crippen molar-refractivity contribution in [2.75, 3.05) is 47.1 Å². The van der Waals surface area contributed by atoms with Crippen molar-refractivity contribution in [3.63, 3.8) is 0 Å². The number of hydrogen-bond acceptors (Lipinski definition) is 4. The van der Waals surface area contributed by atoms with Crippen LogP contribution in [0.2, 0.25) is 0 Å². The Morgan fingerprint density at radius 1 is 1.10 bits per heavy atom. The largest absolute Gasteiger partial charge is 0.385 e. The molecular weight excluding hydrogens is 320 g/mol. The number of nitrogens with two attached hydrogens (primary N) is 1. The molecule has 1 atom stereocenters. The predicted octanol–water partition coefficient (Wildman–Crippen LogP) is 2.43. The Bertz CT molecular complexity index is 359. The van der Waals surface area contributed by atoms with E-state index in [1.807, 2.05) is 0 Å². The monoisotopic (exact) mass is 344 g/mol. The zero-order valence-corrected chi connectivity index (χ0v) is 13.9. The summed E-state index contributed by atoms with van der Waals surface area (Å²) in [5.41, 5.74) is 7.23. The fourth-order valence-electron chi connectivity index (χ4n) is 2.22. The predicted molar refractivity (Wildman–Crippen MR) is 85.9 cm³/mol. The zero-order chi connectivity index (χ0) is 14.8. The summed E-state index contributed by atoms with van der Waals surface area (Å²) < 4.78 is 11.4. The molecule has 0 aromatic heterocycles. The third-order valence-corrected chi connectivity index (χ3v) is 3.82. The molecule has 1 aromatic carbocycles. The number of benzene rings is 1. The van der Waals surface area contributed by atoms with Gasteiger partial charge in [-0.3, -0.25) is 4.90 Å². The Morgan fingerprint density at radius 2 is 1.75 bits per heavy atom. The normalized spacial score (nSPS) is 12.8. The van der Waals surface area contributed by atoms with Crippen molar-refractivity contribution in [2.24, 2.45) is 5.73 Å². The van der Waals surface area contributed by atoms with Gasteiger partial charge in [0, 0.05) is 51.0 Å². The summed E-state index contributed by atoms with van der Waals surface area (Å²) in [7, 11) is 3.46. The molecule has 1 aromatic rings. The highest BCUT2D eigenvalue weighted by Gasteiger charge is 2.18. The SMILES string of the molecule is COCCCN(CCOC)C(CN)c1ccc(Br)cc1. The van der Waals surface area contributed by atoms with E-state index in [2.05, 4.69) is 45.1 Å². The van der Waals surface area contributed by atoms with Crippen LogP contribution in [-0.4, -0.2) is 52.0 Å². The molecule has 0 saturated heterocycles. The molecule has 0 fully saturated rings. The van der Waals surface area contributed by atoms with Gasteiger partial charge in [0.2, 0.25) is 0 Å². The van der Waals surface area contributed by atoms with Gasteiger partial charge in [-0.25, -0.2) is 0 Å². The number of halogens is 1. The fraction of sp³-hybridized carbons (Fsp3) is 0.600. The van der Waals surface area contributed by atoms with Gasteiger partial charge in [0.05, 0.1) is 6.61 Å². The lowest BCUT2D eigenvalue weighted by Gasteiger charge is -2.31. The summed E-state index contributed by atoms with van der Waals surface area (Å²) in [6.45, 7) is 3.90. The van der Waals surface area contributed by atoms with Gasteiger partial charge in [-0.2, -0.15) is 0 Å². The zero-order valence-electron chi connectivity index (χ0n) is 12.3. The second-order valence-corrected chi connectivity index (χ2v) is 5.59. The molecule has 0 radical (unpaired) electrons. The Morgan fingerprint density at radius 3 is 2.30 bits per heavy atom. The van der Waals surface area contributed by atoms with Gasteiger partial charge < -0.3 is 15.2 Å². The van der Waals surface area contributed by atoms with E-state index >= 15 is 0 Å². The first-order valence-corrected chi connectivity index (χ1v) is 7.69. The lowest BCUT2D eigenvalue weighted by Crippen LogP contribution is -2.37. The topological polar surface area (TPSA) is 47.7 Å². The molecule has 0 bridgehead atoms. The maximum atomic E-state index is 5.99. The third kappa shape index (κ3) is 5.89. The summed E-state index contributed by atoms with van der Waals surface area (Å²) >= 11 is 3.47. The van der Waals surface area contributed by atoms with Gasteiger partial charge >= 0.3 is 0 Å². The van der Waals surface area contributed by atoms with Crippen LogP contribution in [0.25, 0.3) is 0 Å². The molecule has 114 valence electrons. The van der Waals surface area contributed by atoms with Crippen LogP contribution in [0.15, 0.2) is 28.7 Å². The van der Waals surface area contributed by atoms with Crippen molar-refractivity contribution >= 4 is 15.9 Å². The highest BCUT2D eigenvalue weighted by Crippen LogP contribution is 2.22. The first kappa shape index (κ1) is 17.6. The molecule has 0 saturated carbocycles. The van der Waals surface area contributed by atoms with Crippen molar-refractivity contribution in [1.82, 2.24) is 4.90 Å². The van der Waals surface area contributed by atoms with Crippen LogP contribution in [-0.2, 0) is 9.47 Å². The third-order valence-electron chi connectivity index (χ3n) is 3.30. The molecule has 0 aliphatic carbocycles. The van der Waals surface area contributed by atoms with Crippen molar-refractivity contribution in [2.45, 2.75) is 12.5 Å². The van der Waals surface area contributed by atoms with Crippen LogP contribution in [0.5, 0.6) is 0 Å². The minimum Gasteiger partial charge on any atom is -0.385 e. The van der Waals surface area contributed by atoms with E-state index in [9.17, 15) is 0 Å². The number of hydrogen-bond donors (Lipinski definition) is 1. The lowest BCUT2D eigenvalue weighted by molar-refractivity contribution is 0.108. The standard InChI is InChI=1S/C15H25BrN2O2/c1-19-10-3-8-18(9-11-20-2)15(12-17)13-4-6-14(16)7-5-13/h4-7,15H,3,8-12,17H2,1-2H3. The summed E-state index contributed by atoms with van der Waals surface area (Å²) in [5.74, 6) is 0. The summed E-state index contributed by atoms with van der Waals surface area (Å²) in [6, 6.07) is 8.58. The van der Waals surface area contributed by atoms with Gasteiger partial charge in [-0.05, 0) is 24.1 Å². The van der Waals surface area contributed by atoms with E-state index < -0.39 is 0 Å². The molecule has 0 heterocycles. The second kappa shape index (κ2) is 10.3. The number of methoxy groups -OCH3 is 2. The van der Waals surface area contributed by atoms with E-state index in [4.69, 9.17) is 15.2 Å². The molecule has 0 spiro atoms. The molecule has 0 aliphatic heterocycles. The molecule has 2 N–H and O–H groups in total. The quantitative estimate of drug-likeness (QED) is 0.662. The average molecular weight is 345 g/mol. The Balaban J connectivity index is 2.74. The van der Waals surface area contributed by atoms with Crippen LogP contribution in [0.3, 0.4) is 0 Å². The molecule has 0 amide bonds. The summed E-state index contributed by atoms with van der Waals surface area (Å²) in [6.07, 6.45) is 0.993. The molecular formula is C15H25BrN2O2. The van der Waals surface area contributed by atoms with Gasteiger partial charge in [-0.15, -0.1) is 0 Å². The lowest BCUT2D eigenvalue weighted by atomic mass is 10.1. The second-order valence-electron chi connectivity index (χ2n) is 4.68. The van der Waals surface area contributed by atoms with E-state index in [-0.39, 0.29) is 6.04 Å². The molecule has 5 heteroatoms. The van der Waals surface area contributed by atoms with Crippen LogP contribution < -0.4 is 5.73 Å². The van der Waals surface area contributed by atoms with Crippen LogP contribution in [0.4, 0.5) is 0 Å². The first-order valence-electron chi connectivity index (χ1n) is 6.90. The highest BCUT2D eigenvalue weighted by atomic mass is 79.9. The number of ether oxygens (including phenoxy) is 2. The van der Waals surface area contributed by atoms with Gasteiger partial charge in [-0.1, -0.05) is 28.1 Å². The smallest absolute Gasteiger partial charge is 0.0589 e. The summed E-state index contributed by atoms with van der Waals surface area (Å²) in [4.78, 5) is 2.37. The van der Waals surface area contributed by atoms with E-state index in [1.165, 1.54) is 5.56 Å². The van der Waals surface area contributed by atoms with E-state index in [0.29, 0.717) is 13.2 Å². The first-order chi connectivity index (χ1) is 9.72. The maximum Gasteiger partial charge on any atom is 0.0589 e. The molecule has 0 aliphatic rings. The fourth-order valence-corrected chi connectivity index (χ4v) is 2.49. The van der Waals surface area contributed by atoms with Crippen LogP contribution in [0, 0.1) is 0 Å². The summed E-state index contributed by atoms with van der Waals surface area (Å²) in [5, 5.41) is 0. The maximum absolute atomic E-state index is 5.99. The van der Waals surface area contributed by atoms with Crippen LogP contribution >= 0.6 is 15.9 Å². The number of nitrogens with zero attached hydrogens (tertiary/aromatic N) is 1. The minimum atomic E-state index is 0.218. The van der Waals surface area contributed by atoms with E-state index in [0.717, 1.165) is 30.6 Å². The van der Waals surface area contributed by atoms with Gasteiger partial charge in [0.25, 0.3) is 0 Å². The molecule has 20 heavy (non-hydrogen) atoms. The molecule has 1 rings (SSSR count). The Kier molecular flexibility index (Phi) is 9.05. The van der Waals surface area contributed by atoms with Gasteiger partial charge in [0.15, 0.2) is 0 Å². The molecule has 1 unspecified atom stereocenters. The van der Waals surface area contributed by atoms with Crippen molar-refractivity contribution in [3.8, 4) is 0 Å². The Hall–Kier alpha value is -0.460.